The summed E-state index contributed by atoms with van der Waals surface area (Å²) in [6, 6.07) is 14.2. The number of hydrogen-bond acceptors (Lipinski definition) is 3. The maximum absolute atomic E-state index is 6.39. The van der Waals surface area contributed by atoms with Crippen LogP contribution in [0, 0.1) is 6.92 Å². The average molecular weight is 334 g/mol. The fourth-order valence-electron chi connectivity index (χ4n) is 5.11. The molecule has 3 heterocycles. The number of rotatable bonds is 1. The molecule has 130 valence electrons. The Morgan fingerprint density at radius 3 is 2.44 bits per heavy atom. The molecule has 1 atom stereocenters. The Balaban J connectivity index is 1.77. The van der Waals surface area contributed by atoms with E-state index in [1.54, 1.807) is 0 Å². The lowest BCUT2D eigenvalue weighted by Gasteiger charge is -2.39. The van der Waals surface area contributed by atoms with Crippen LogP contribution in [0.15, 0.2) is 40.8 Å². The van der Waals surface area contributed by atoms with Crippen LogP contribution >= 0.6 is 0 Å². The van der Waals surface area contributed by atoms with Crippen LogP contribution in [-0.4, -0.2) is 30.2 Å². The van der Waals surface area contributed by atoms with Crippen LogP contribution in [-0.2, 0) is 0 Å². The van der Waals surface area contributed by atoms with E-state index in [1.165, 1.54) is 47.7 Å². The van der Waals surface area contributed by atoms with Crippen LogP contribution in [0.2, 0.25) is 0 Å². The van der Waals surface area contributed by atoms with Crippen molar-refractivity contribution in [1.29, 1.82) is 0 Å². The van der Waals surface area contributed by atoms with E-state index in [4.69, 9.17) is 4.42 Å². The zero-order valence-corrected chi connectivity index (χ0v) is 15.3. The fraction of sp³-hybridized carbons (Fsp3) is 0.455. The molecule has 6 rings (SSSR count). The number of fused-ring (bicyclic) bond motifs is 7. The Morgan fingerprint density at radius 1 is 0.920 bits per heavy atom. The summed E-state index contributed by atoms with van der Waals surface area (Å²) in [5.41, 5.74) is 4.68. The molecule has 0 spiro atoms. The van der Waals surface area contributed by atoms with Gasteiger partial charge in [0.2, 0.25) is 0 Å². The molecule has 3 nitrogen and oxygen atoms in total. The number of nitrogens with zero attached hydrogens (tertiary/aromatic N) is 2. The molecule has 0 radical (unpaired) electrons. The molecule has 0 N–H and O–H groups in total. The predicted octanol–water partition coefficient (Wildman–Crippen LogP) is 5.30. The Hall–Kier alpha value is -2.00. The van der Waals surface area contributed by atoms with Gasteiger partial charge in [-0.2, -0.15) is 0 Å². The van der Waals surface area contributed by atoms with Crippen LogP contribution in [0.5, 0.6) is 0 Å². The maximum atomic E-state index is 6.39. The van der Waals surface area contributed by atoms with Crippen LogP contribution in [0.4, 0.5) is 5.69 Å². The van der Waals surface area contributed by atoms with E-state index in [9.17, 15) is 0 Å². The molecule has 3 aromatic rings. The first-order valence-electron chi connectivity index (χ1n) is 9.56. The van der Waals surface area contributed by atoms with Gasteiger partial charge >= 0.3 is 0 Å². The van der Waals surface area contributed by atoms with Gasteiger partial charge in [-0.25, -0.2) is 0 Å². The highest BCUT2D eigenvalue weighted by atomic mass is 16.3. The Morgan fingerprint density at radius 2 is 1.64 bits per heavy atom. The average Bonchev–Trinajstić information content (AvgIpc) is 2.92. The highest BCUT2D eigenvalue weighted by Crippen LogP contribution is 2.43. The highest BCUT2D eigenvalue weighted by molar-refractivity contribution is 6.09. The lowest BCUT2D eigenvalue weighted by Crippen LogP contribution is -2.47. The molecule has 1 saturated carbocycles. The molecule has 1 aromatic heterocycles. The van der Waals surface area contributed by atoms with Crippen molar-refractivity contribution in [2.24, 2.45) is 0 Å². The van der Waals surface area contributed by atoms with Crippen LogP contribution < -0.4 is 4.90 Å². The summed E-state index contributed by atoms with van der Waals surface area (Å²) in [6.45, 7) is 4.59. The zero-order valence-electron chi connectivity index (χ0n) is 15.3. The summed E-state index contributed by atoms with van der Waals surface area (Å²) in [5, 5.41) is 2.46. The third-order valence-corrected chi connectivity index (χ3v) is 6.61. The monoisotopic (exact) mass is 334 g/mol. The topological polar surface area (TPSA) is 19.6 Å². The van der Waals surface area contributed by atoms with Gasteiger partial charge < -0.3 is 9.32 Å². The fourth-order valence-corrected chi connectivity index (χ4v) is 5.11. The third-order valence-electron chi connectivity index (χ3n) is 6.61. The van der Waals surface area contributed by atoms with Crippen molar-refractivity contribution in [2.45, 2.75) is 57.8 Å². The van der Waals surface area contributed by atoms with Crippen LogP contribution in [0.25, 0.3) is 21.9 Å². The van der Waals surface area contributed by atoms with Gasteiger partial charge in [0.1, 0.15) is 5.58 Å². The zero-order chi connectivity index (χ0) is 17.1. The molecule has 2 saturated heterocycles. The van der Waals surface area contributed by atoms with Crippen LogP contribution in [0.1, 0.15) is 38.2 Å². The molecule has 3 heteroatoms. The smallest absolute Gasteiger partial charge is 0.159 e. The van der Waals surface area contributed by atoms with Crippen molar-refractivity contribution >= 4 is 27.6 Å². The summed E-state index contributed by atoms with van der Waals surface area (Å²) in [5.74, 6) is 0. The number of anilines is 1. The number of para-hydroxylation sites is 1. The molecule has 0 amide bonds. The van der Waals surface area contributed by atoms with Gasteiger partial charge in [0, 0.05) is 22.9 Å². The van der Waals surface area contributed by atoms with E-state index in [0.717, 1.165) is 17.2 Å². The Kier molecular flexibility index (Phi) is 3.36. The molecule has 2 aromatic carbocycles. The van der Waals surface area contributed by atoms with Crippen molar-refractivity contribution in [3.8, 4) is 0 Å². The van der Waals surface area contributed by atoms with Gasteiger partial charge in [-0.05, 0) is 58.2 Å². The van der Waals surface area contributed by atoms with Gasteiger partial charge in [0.25, 0.3) is 0 Å². The van der Waals surface area contributed by atoms with E-state index in [1.807, 2.05) is 0 Å². The predicted molar refractivity (Wildman–Crippen MR) is 104 cm³/mol. The van der Waals surface area contributed by atoms with E-state index in [-0.39, 0.29) is 0 Å². The number of hydrogen-bond donors (Lipinski definition) is 0. The summed E-state index contributed by atoms with van der Waals surface area (Å²) in [4.78, 5) is 5.24. The Labute approximate surface area is 149 Å². The van der Waals surface area contributed by atoms with Crippen molar-refractivity contribution in [3.63, 3.8) is 0 Å². The number of furan rings is 1. The molecule has 2 bridgehead atoms. The minimum Gasteiger partial charge on any atom is -0.454 e. The third kappa shape index (κ3) is 2.15. The minimum atomic E-state index is 0.400. The van der Waals surface area contributed by atoms with Crippen molar-refractivity contribution < 1.29 is 4.42 Å². The van der Waals surface area contributed by atoms with E-state index in [0.29, 0.717) is 12.2 Å². The van der Waals surface area contributed by atoms with E-state index >= 15 is 0 Å². The number of benzene rings is 2. The molecule has 3 aliphatic rings. The quantitative estimate of drug-likeness (QED) is 0.602. The summed E-state index contributed by atoms with van der Waals surface area (Å²) in [6.07, 6.45) is 5.61. The van der Waals surface area contributed by atoms with Crippen molar-refractivity contribution in [1.82, 2.24) is 4.90 Å². The normalized spacial score (nSPS) is 27.3. The summed E-state index contributed by atoms with van der Waals surface area (Å²) >= 11 is 0. The first-order valence-corrected chi connectivity index (χ1v) is 9.56. The first-order chi connectivity index (χ1) is 12.1. The molecular weight excluding hydrogens is 308 g/mol. The van der Waals surface area contributed by atoms with Gasteiger partial charge in [-0.15, -0.1) is 0 Å². The molecular formula is C22H26N2O. The van der Waals surface area contributed by atoms with E-state index < -0.39 is 0 Å². The van der Waals surface area contributed by atoms with Gasteiger partial charge in [-0.1, -0.05) is 30.3 Å². The van der Waals surface area contributed by atoms with Gasteiger partial charge in [0.05, 0.1) is 11.9 Å². The second-order valence-corrected chi connectivity index (χ2v) is 7.87. The number of aryl methyl sites for hydroxylation is 1. The highest BCUT2D eigenvalue weighted by Gasteiger charge is 2.39. The van der Waals surface area contributed by atoms with E-state index in [2.05, 4.69) is 67.1 Å². The molecule has 25 heavy (non-hydrogen) atoms. The SMILES string of the molecule is Cc1ccc2c(oc3ccccc32)c1N1C2CCC(CC2)N(C)C1C. The van der Waals surface area contributed by atoms with Crippen LogP contribution in [0.3, 0.4) is 0 Å². The standard InChI is InChI=1S/C22H26N2O/c1-14-8-13-19-18-6-4-5-7-20(18)25-22(19)21(14)24-15(2)23(3)16-9-11-17(24)12-10-16/h4-8,13,15-17H,9-12H2,1-3H3. The van der Waals surface area contributed by atoms with Gasteiger partial charge in [0.15, 0.2) is 5.58 Å². The first kappa shape index (κ1) is 15.3. The second kappa shape index (κ2) is 5.50. The molecule has 1 aliphatic carbocycles. The molecule has 2 aliphatic heterocycles. The maximum Gasteiger partial charge on any atom is 0.159 e. The molecule has 3 fully saturated rings. The largest absolute Gasteiger partial charge is 0.454 e. The minimum absolute atomic E-state index is 0.400. The van der Waals surface area contributed by atoms with Crippen molar-refractivity contribution in [3.05, 3.63) is 42.0 Å². The summed E-state index contributed by atoms with van der Waals surface area (Å²) < 4.78 is 6.39. The second-order valence-electron chi connectivity index (χ2n) is 7.87. The van der Waals surface area contributed by atoms with Crippen molar-refractivity contribution in [2.75, 3.05) is 11.9 Å². The molecule has 1 unspecified atom stereocenters. The lowest BCUT2D eigenvalue weighted by molar-refractivity contribution is 0.184. The Bertz CT molecular complexity index is 936. The lowest BCUT2D eigenvalue weighted by atomic mass is 9.91. The van der Waals surface area contributed by atoms with Gasteiger partial charge in [-0.3, -0.25) is 4.90 Å². The summed E-state index contributed by atoms with van der Waals surface area (Å²) in [7, 11) is 2.30.